The maximum Gasteiger partial charge on any atom is 3.00 e. The van der Waals surface area contributed by atoms with Crippen molar-refractivity contribution < 1.29 is 72.1 Å². The van der Waals surface area contributed by atoms with Crippen LogP contribution in [0.5, 0.6) is 0 Å². The number of aliphatic carboxylic acids is 5. The second-order valence-corrected chi connectivity index (χ2v) is 5.56. The fraction of sp³-hybridized carbons (Fsp3) is 0.643. The van der Waals surface area contributed by atoms with Gasteiger partial charge in [0.15, 0.2) is 0 Å². The van der Waals surface area contributed by atoms with Gasteiger partial charge >= 0.3 is 17.1 Å². The predicted octanol–water partition coefficient (Wildman–Crippen LogP) is -9.43. The van der Waals surface area contributed by atoms with Gasteiger partial charge in [-0.1, -0.05) is 0 Å². The van der Waals surface area contributed by atoms with Crippen molar-refractivity contribution in [3.05, 3.63) is 0 Å². The minimum Gasteiger partial charge on any atom is -0.549 e. The molecule has 0 aromatic heterocycles. The molecule has 0 heterocycles. The van der Waals surface area contributed by atoms with Gasteiger partial charge in [-0.3, -0.25) is 14.7 Å². The summed E-state index contributed by atoms with van der Waals surface area (Å²) in [6.07, 6.45) is 0. The van der Waals surface area contributed by atoms with E-state index in [0.29, 0.717) is 0 Å². The van der Waals surface area contributed by atoms with Gasteiger partial charge in [0.2, 0.25) is 0 Å². The van der Waals surface area contributed by atoms with Gasteiger partial charge in [-0.05, 0) is 0 Å². The van der Waals surface area contributed by atoms with Gasteiger partial charge < -0.3 is 67.3 Å². The topological polar surface area (TPSA) is 315 Å². The minimum atomic E-state index is -1.54. The molecule has 0 aliphatic carbocycles. The minimum absolute atomic E-state index is 0. The Morgan fingerprint density at radius 1 is 0.452 bits per heavy atom. The summed E-state index contributed by atoms with van der Waals surface area (Å²) in [5.74, 6) is -7.67. The summed E-state index contributed by atoms with van der Waals surface area (Å²) in [4.78, 5) is 56.4. The Balaban J connectivity index is -0.000000563. The number of carboxylic acids is 5. The summed E-state index contributed by atoms with van der Waals surface area (Å²) in [6, 6.07) is 0. The number of hydrogen-bond donors (Lipinski definition) is 2. The zero-order chi connectivity index (χ0) is 21.0. The van der Waals surface area contributed by atoms with Gasteiger partial charge in [0, 0.05) is 58.9 Å². The number of carbonyl (C=O) groups excluding carboxylic acids is 5. The first-order valence-corrected chi connectivity index (χ1v) is 7.66. The van der Waals surface area contributed by atoms with Crippen LogP contribution in [0.1, 0.15) is 0 Å². The molecule has 10 N–H and O–H groups in total. The number of rotatable bonds is 16. The molecule has 0 bridgehead atoms. The summed E-state index contributed by atoms with van der Waals surface area (Å²) in [6.45, 7) is -4.16. The largest absolute Gasteiger partial charge is 3.00 e. The zero-order valence-electron chi connectivity index (χ0n) is 17.1. The summed E-state index contributed by atoms with van der Waals surface area (Å²) in [5, 5.41) is 53.3. The maximum absolute atomic E-state index is 10.8. The Morgan fingerprint density at radius 2 is 0.613 bits per heavy atom. The molecule has 0 saturated heterocycles. The molecule has 16 nitrogen and oxygen atoms in total. The van der Waals surface area contributed by atoms with Crippen LogP contribution in [0.15, 0.2) is 0 Å². The Morgan fingerprint density at radius 3 is 0.806 bits per heavy atom. The first-order valence-electron chi connectivity index (χ1n) is 7.66. The van der Waals surface area contributed by atoms with Gasteiger partial charge in [0.05, 0.1) is 29.8 Å². The normalized spacial score (nSPS) is 9.65. The van der Waals surface area contributed by atoms with Crippen LogP contribution in [0.4, 0.5) is 0 Å². The monoisotopic (exact) mass is 498 g/mol. The number of hydrogen-bond acceptors (Lipinski definition) is 13. The van der Waals surface area contributed by atoms with Crippen molar-refractivity contribution in [2.45, 2.75) is 0 Å². The molecule has 0 aliphatic heterocycles. The van der Waals surface area contributed by atoms with Crippen molar-refractivity contribution in [1.29, 1.82) is 0 Å². The molecule has 1 radical (unpaired) electrons. The first-order chi connectivity index (χ1) is 12.5. The van der Waals surface area contributed by atoms with Crippen LogP contribution in [0.2, 0.25) is 0 Å². The molecule has 0 atom stereocenters. The maximum atomic E-state index is 10.8. The summed E-state index contributed by atoms with van der Waals surface area (Å²) < 4.78 is 0. The Kier molecular flexibility index (Phi) is 26.4. The van der Waals surface area contributed by atoms with E-state index < -0.39 is 62.6 Å². The fourth-order valence-corrected chi connectivity index (χ4v) is 2.18. The molecular weight excluding hydrogens is 470 g/mol. The van der Waals surface area contributed by atoms with Crippen LogP contribution in [-0.2, 0) is 41.0 Å². The van der Waals surface area contributed by atoms with E-state index in [-0.39, 0.29) is 61.0 Å². The summed E-state index contributed by atoms with van der Waals surface area (Å²) in [7, 11) is 0. The van der Waals surface area contributed by atoms with E-state index in [2.05, 4.69) is 0 Å². The SMILES string of the molecule is O.O=C([O-])CN(CCN(CC(=O)[O-])CC(=O)[O-])CCN(CC(=O)[O-])CC(=O)[O-].[Fe+3].[NH4+].[NH4+]. The molecule has 0 fully saturated rings. The smallest absolute Gasteiger partial charge is 0.549 e. The molecule has 0 aromatic rings. The molecular formula is C14H28FeN5O11. The summed E-state index contributed by atoms with van der Waals surface area (Å²) >= 11 is 0. The third-order valence-electron chi connectivity index (χ3n) is 3.23. The number of quaternary nitrogens is 2. The van der Waals surface area contributed by atoms with Gasteiger partial charge in [0.1, 0.15) is 0 Å². The molecule has 0 rings (SSSR count). The van der Waals surface area contributed by atoms with Crippen molar-refractivity contribution in [1.82, 2.24) is 27.0 Å². The Labute approximate surface area is 188 Å². The number of carboxylic acid groups (broad SMARTS) is 5. The van der Waals surface area contributed by atoms with Crippen molar-refractivity contribution in [3.63, 3.8) is 0 Å². The molecule has 31 heavy (non-hydrogen) atoms. The number of carbonyl (C=O) groups is 5. The van der Waals surface area contributed by atoms with Crippen LogP contribution in [0, 0.1) is 0 Å². The molecule has 0 spiro atoms. The van der Waals surface area contributed by atoms with E-state index in [1.807, 2.05) is 0 Å². The fourth-order valence-electron chi connectivity index (χ4n) is 2.18. The quantitative estimate of drug-likeness (QED) is 0.187. The average Bonchev–Trinajstić information content (AvgIpc) is 2.46. The van der Waals surface area contributed by atoms with Gasteiger partial charge in [0.25, 0.3) is 0 Å². The molecule has 0 unspecified atom stereocenters. The van der Waals surface area contributed by atoms with Crippen LogP contribution in [0.25, 0.3) is 0 Å². The second-order valence-electron chi connectivity index (χ2n) is 5.56. The molecule has 17 heteroatoms. The van der Waals surface area contributed by atoms with Crippen LogP contribution in [-0.4, -0.2) is 109 Å². The van der Waals surface area contributed by atoms with Crippen molar-refractivity contribution >= 4 is 29.8 Å². The standard InChI is InChI=1S/C14H23N3O10.Fe.2H3N.H2O/c18-10(19)5-15(1-3-16(6-11(20)21)7-12(22)23)2-4-17(8-13(24)25)9-14(26)27;;;;/h1-9H2,(H,18,19)(H,20,21)(H,22,23)(H,24,25)(H,26,27);;2*1H3;1H2/q;+3;;;/p-3. The molecule has 183 valence electrons. The Bertz CT molecular complexity index is 495. The average molecular weight is 498 g/mol. The van der Waals surface area contributed by atoms with Gasteiger partial charge in [-0.15, -0.1) is 0 Å². The van der Waals surface area contributed by atoms with Crippen molar-refractivity contribution in [2.75, 3.05) is 58.9 Å². The molecule has 0 aromatic carbocycles. The van der Waals surface area contributed by atoms with E-state index >= 15 is 0 Å². The van der Waals surface area contributed by atoms with E-state index in [9.17, 15) is 49.5 Å². The first kappa shape index (κ1) is 39.1. The number of nitrogens with zero attached hydrogens (tertiary/aromatic N) is 3. The van der Waals surface area contributed by atoms with E-state index in [1.54, 1.807) is 0 Å². The van der Waals surface area contributed by atoms with E-state index in [0.717, 1.165) is 9.80 Å². The zero-order valence-corrected chi connectivity index (χ0v) is 18.2. The third kappa shape index (κ3) is 23.8. The Hall–Kier alpha value is -2.37. The van der Waals surface area contributed by atoms with E-state index in [4.69, 9.17) is 0 Å². The predicted molar refractivity (Wildman–Crippen MR) is 89.9 cm³/mol. The summed E-state index contributed by atoms with van der Waals surface area (Å²) in [5.41, 5.74) is 0. The van der Waals surface area contributed by atoms with Crippen molar-refractivity contribution in [2.24, 2.45) is 0 Å². The van der Waals surface area contributed by atoms with E-state index in [1.165, 1.54) is 4.90 Å². The van der Waals surface area contributed by atoms with Crippen LogP contribution >= 0.6 is 0 Å². The van der Waals surface area contributed by atoms with Gasteiger partial charge in [-0.25, -0.2) is 0 Å². The molecule has 0 saturated carbocycles. The van der Waals surface area contributed by atoms with Crippen LogP contribution < -0.4 is 37.8 Å². The molecule has 0 aliphatic rings. The second kappa shape index (κ2) is 20.9. The van der Waals surface area contributed by atoms with Gasteiger partial charge in [-0.2, -0.15) is 0 Å². The van der Waals surface area contributed by atoms with Crippen molar-refractivity contribution in [3.8, 4) is 0 Å². The molecule has 0 amide bonds. The third-order valence-corrected chi connectivity index (χ3v) is 3.23. The van der Waals surface area contributed by atoms with Crippen LogP contribution in [0.3, 0.4) is 0 Å².